The first kappa shape index (κ1) is 17.0. The highest BCUT2D eigenvalue weighted by Gasteiger charge is 2.29. The predicted octanol–water partition coefficient (Wildman–Crippen LogP) is 3.51. The molecule has 1 aliphatic rings. The SMILES string of the molecule is Cc1ccc2c(c1)OC/C=C\CCCCN(C(C)C)S2(=O)=O. The van der Waals surface area contributed by atoms with E-state index in [1.54, 1.807) is 16.4 Å². The van der Waals surface area contributed by atoms with Gasteiger partial charge in [-0.15, -0.1) is 0 Å². The minimum atomic E-state index is -3.54. The first-order chi connectivity index (χ1) is 10.4. The number of sulfonamides is 1. The van der Waals surface area contributed by atoms with Crippen LogP contribution >= 0.6 is 0 Å². The van der Waals surface area contributed by atoms with Crippen LogP contribution in [0.5, 0.6) is 5.75 Å². The molecule has 0 saturated heterocycles. The van der Waals surface area contributed by atoms with E-state index in [1.165, 1.54) is 0 Å². The highest BCUT2D eigenvalue weighted by atomic mass is 32.2. The molecule has 5 heteroatoms. The van der Waals surface area contributed by atoms with E-state index in [4.69, 9.17) is 4.74 Å². The summed E-state index contributed by atoms with van der Waals surface area (Å²) in [6, 6.07) is 5.20. The van der Waals surface area contributed by atoms with Crippen LogP contribution in [-0.2, 0) is 10.0 Å². The molecule has 0 aromatic heterocycles. The predicted molar refractivity (Wildman–Crippen MR) is 88.7 cm³/mol. The average molecular weight is 323 g/mol. The van der Waals surface area contributed by atoms with Crippen molar-refractivity contribution in [1.82, 2.24) is 4.31 Å². The molecule has 0 bridgehead atoms. The Morgan fingerprint density at radius 2 is 1.95 bits per heavy atom. The third kappa shape index (κ3) is 3.90. The van der Waals surface area contributed by atoms with Crippen LogP contribution in [0.25, 0.3) is 0 Å². The van der Waals surface area contributed by atoms with Crippen molar-refractivity contribution >= 4 is 10.0 Å². The molecule has 122 valence electrons. The lowest BCUT2D eigenvalue weighted by Crippen LogP contribution is -2.38. The van der Waals surface area contributed by atoms with Gasteiger partial charge in [0.1, 0.15) is 17.3 Å². The van der Waals surface area contributed by atoms with Crippen LogP contribution in [0.15, 0.2) is 35.2 Å². The molecule has 0 amide bonds. The standard InChI is InChI=1S/C17H25NO3S/c1-14(2)18-11-7-5-4-6-8-12-21-16-13-15(3)9-10-17(16)22(18,19)20/h6,8-10,13-14H,4-5,7,11-12H2,1-3H3/b8-6-. The van der Waals surface area contributed by atoms with Gasteiger partial charge in [0.05, 0.1) is 0 Å². The van der Waals surface area contributed by atoms with Gasteiger partial charge in [-0.05, 0) is 57.7 Å². The molecule has 0 radical (unpaired) electrons. The molecule has 1 aromatic carbocycles. The minimum Gasteiger partial charge on any atom is -0.488 e. The van der Waals surface area contributed by atoms with E-state index in [0.29, 0.717) is 18.9 Å². The van der Waals surface area contributed by atoms with Crippen LogP contribution in [0.1, 0.15) is 38.7 Å². The summed E-state index contributed by atoms with van der Waals surface area (Å²) >= 11 is 0. The molecular weight excluding hydrogens is 298 g/mol. The van der Waals surface area contributed by atoms with Gasteiger partial charge >= 0.3 is 0 Å². The fraction of sp³-hybridized carbons (Fsp3) is 0.529. The van der Waals surface area contributed by atoms with Crippen LogP contribution in [0.2, 0.25) is 0 Å². The Kier molecular flexibility index (Phi) is 5.64. The molecule has 0 spiro atoms. The second-order valence-electron chi connectivity index (χ2n) is 5.94. The largest absolute Gasteiger partial charge is 0.488 e. The van der Waals surface area contributed by atoms with Crippen molar-refractivity contribution in [2.75, 3.05) is 13.2 Å². The molecule has 4 nitrogen and oxygen atoms in total. The molecule has 1 aromatic rings. The van der Waals surface area contributed by atoms with Crippen molar-refractivity contribution in [3.63, 3.8) is 0 Å². The van der Waals surface area contributed by atoms with Gasteiger partial charge in [-0.1, -0.05) is 18.2 Å². The Morgan fingerprint density at radius 3 is 2.68 bits per heavy atom. The molecule has 0 N–H and O–H groups in total. The molecule has 0 unspecified atom stereocenters. The fourth-order valence-corrected chi connectivity index (χ4v) is 4.37. The lowest BCUT2D eigenvalue weighted by molar-refractivity contribution is 0.331. The monoisotopic (exact) mass is 323 g/mol. The first-order valence-corrected chi connectivity index (χ1v) is 9.27. The van der Waals surface area contributed by atoms with E-state index in [9.17, 15) is 8.42 Å². The Morgan fingerprint density at radius 1 is 1.18 bits per heavy atom. The van der Waals surface area contributed by atoms with Crippen LogP contribution in [0.4, 0.5) is 0 Å². The molecule has 2 rings (SSSR count). The van der Waals surface area contributed by atoms with Crippen LogP contribution < -0.4 is 4.74 Å². The van der Waals surface area contributed by atoms with Gasteiger partial charge in [0, 0.05) is 12.6 Å². The lowest BCUT2D eigenvalue weighted by Gasteiger charge is -2.27. The van der Waals surface area contributed by atoms with Crippen LogP contribution in [0, 0.1) is 6.92 Å². The van der Waals surface area contributed by atoms with E-state index in [1.807, 2.05) is 32.9 Å². The Bertz CT molecular complexity index is 635. The topological polar surface area (TPSA) is 46.6 Å². The van der Waals surface area contributed by atoms with Gasteiger partial charge in [0.25, 0.3) is 0 Å². The summed E-state index contributed by atoms with van der Waals surface area (Å²) in [4.78, 5) is 0.265. The Balaban J connectivity index is 2.49. The molecule has 1 heterocycles. The van der Waals surface area contributed by atoms with Gasteiger partial charge in [-0.2, -0.15) is 4.31 Å². The van der Waals surface area contributed by atoms with Crippen LogP contribution in [0.3, 0.4) is 0 Å². The summed E-state index contributed by atoms with van der Waals surface area (Å²) in [7, 11) is -3.54. The number of rotatable bonds is 1. The maximum Gasteiger partial charge on any atom is 0.246 e. The molecule has 0 fully saturated rings. The number of allylic oxidation sites excluding steroid dienone is 1. The number of aryl methyl sites for hydroxylation is 1. The first-order valence-electron chi connectivity index (χ1n) is 7.83. The Hall–Kier alpha value is -1.33. The molecule has 22 heavy (non-hydrogen) atoms. The van der Waals surface area contributed by atoms with Crippen molar-refractivity contribution in [2.24, 2.45) is 0 Å². The molecule has 1 aliphatic heterocycles. The molecule has 0 atom stereocenters. The number of benzene rings is 1. The van der Waals surface area contributed by atoms with E-state index in [-0.39, 0.29) is 10.9 Å². The normalized spacial score (nSPS) is 21.3. The summed E-state index contributed by atoms with van der Waals surface area (Å²) in [5.74, 6) is 0.441. The smallest absolute Gasteiger partial charge is 0.246 e. The van der Waals surface area contributed by atoms with E-state index in [2.05, 4.69) is 6.08 Å². The number of hydrogen-bond donors (Lipinski definition) is 0. The summed E-state index contributed by atoms with van der Waals surface area (Å²) in [5.41, 5.74) is 0.987. The third-order valence-electron chi connectivity index (χ3n) is 3.76. The zero-order valence-corrected chi connectivity index (χ0v) is 14.4. The molecular formula is C17H25NO3S. The van der Waals surface area contributed by atoms with Crippen molar-refractivity contribution in [3.8, 4) is 5.75 Å². The van der Waals surface area contributed by atoms with Gasteiger partial charge < -0.3 is 4.74 Å². The van der Waals surface area contributed by atoms with Crippen molar-refractivity contribution in [3.05, 3.63) is 35.9 Å². The maximum absolute atomic E-state index is 13.0. The van der Waals surface area contributed by atoms with Gasteiger partial charge in [0.15, 0.2) is 0 Å². The third-order valence-corrected chi connectivity index (χ3v) is 5.88. The lowest BCUT2D eigenvalue weighted by atomic mass is 10.2. The van der Waals surface area contributed by atoms with E-state index in [0.717, 1.165) is 24.8 Å². The summed E-state index contributed by atoms with van der Waals surface area (Å²) in [5, 5.41) is 0. The van der Waals surface area contributed by atoms with Gasteiger partial charge in [-0.25, -0.2) is 8.42 Å². The van der Waals surface area contributed by atoms with Crippen LogP contribution in [-0.4, -0.2) is 31.9 Å². The summed E-state index contributed by atoms with van der Waals surface area (Å²) in [6.07, 6.45) is 6.86. The second kappa shape index (κ2) is 7.29. The van der Waals surface area contributed by atoms with Crippen molar-refractivity contribution < 1.29 is 13.2 Å². The van der Waals surface area contributed by atoms with Gasteiger partial charge in [0.2, 0.25) is 10.0 Å². The number of nitrogens with zero attached hydrogens (tertiary/aromatic N) is 1. The quantitative estimate of drug-likeness (QED) is 0.743. The van der Waals surface area contributed by atoms with E-state index >= 15 is 0 Å². The number of fused-ring (bicyclic) bond motifs is 1. The number of ether oxygens (including phenoxy) is 1. The summed E-state index contributed by atoms with van der Waals surface area (Å²) < 4.78 is 33.3. The zero-order chi connectivity index (χ0) is 16.2. The zero-order valence-electron chi connectivity index (χ0n) is 13.6. The summed E-state index contributed by atoms with van der Waals surface area (Å²) in [6.45, 7) is 6.70. The minimum absolute atomic E-state index is 0.0716. The second-order valence-corrected chi connectivity index (χ2v) is 7.80. The maximum atomic E-state index is 13.0. The fourth-order valence-electron chi connectivity index (χ4n) is 2.58. The van der Waals surface area contributed by atoms with E-state index < -0.39 is 10.0 Å². The Labute approximate surface area is 133 Å². The highest BCUT2D eigenvalue weighted by molar-refractivity contribution is 7.89. The molecule has 0 saturated carbocycles. The number of hydrogen-bond acceptors (Lipinski definition) is 3. The van der Waals surface area contributed by atoms with Crippen molar-refractivity contribution in [2.45, 2.75) is 51.0 Å². The average Bonchev–Trinajstić information content (AvgIpc) is 2.43. The van der Waals surface area contributed by atoms with Gasteiger partial charge in [-0.3, -0.25) is 0 Å². The highest BCUT2D eigenvalue weighted by Crippen LogP contribution is 2.29. The van der Waals surface area contributed by atoms with Crippen molar-refractivity contribution in [1.29, 1.82) is 0 Å². The molecule has 0 aliphatic carbocycles.